The Morgan fingerprint density at radius 2 is 2.11 bits per heavy atom. The normalized spacial score (nSPS) is 25.8. The smallest absolute Gasteiger partial charge is 0.249 e. The van der Waals surface area contributed by atoms with Crippen LogP contribution in [-0.4, -0.2) is 58.6 Å². The number of carbonyl (C=O) groups is 2. The number of aliphatic hydroxyl groups is 1. The number of amides is 2. The van der Waals surface area contributed by atoms with Crippen LogP contribution in [-0.2, 0) is 22.6 Å². The van der Waals surface area contributed by atoms with Crippen LogP contribution in [0.1, 0.15) is 36.8 Å². The van der Waals surface area contributed by atoms with Crippen LogP contribution in [0, 0.1) is 0 Å². The second kappa shape index (κ2) is 6.61. The third kappa shape index (κ3) is 2.98. The third-order valence-electron chi connectivity index (χ3n) is 5.00. The molecule has 0 spiro atoms. The summed E-state index contributed by atoms with van der Waals surface area (Å²) in [7, 11) is 0. The lowest BCUT2D eigenvalue weighted by Crippen LogP contribution is -2.68. The summed E-state index contributed by atoms with van der Waals surface area (Å²) >= 11 is 1.62. The number of H-pyrrole nitrogens is 1. The monoisotopic (exact) mass is 388 g/mol. The minimum absolute atomic E-state index is 0.121. The number of aromatic nitrogens is 4. The lowest BCUT2D eigenvalue weighted by atomic mass is 9.95. The lowest BCUT2D eigenvalue weighted by Gasteiger charge is -2.44. The zero-order chi connectivity index (χ0) is 19.2. The van der Waals surface area contributed by atoms with Crippen LogP contribution in [0.15, 0.2) is 24.3 Å². The van der Waals surface area contributed by atoms with Crippen molar-refractivity contribution >= 4 is 23.6 Å². The Labute approximate surface area is 159 Å². The Balaban J connectivity index is 1.46. The molecule has 3 unspecified atom stereocenters. The minimum atomic E-state index is -0.569. The molecule has 0 bridgehead atoms. The molecule has 2 aromatic rings. The predicted molar refractivity (Wildman–Crippen MR) is 97.2 cm³/mol. The van der Waals surface area contributed by atoms with Crippen molar-refractivity contribution in [2.75, 3.05) is 0 Å². The fourth-order valence-electron chi connectivity index (χ4n) is 3.73. The van der Waals surface area contributed by atoms with E-state index >= 15 is 0 Å². The van der Waals surface area contributed by atoms with E-state index in [9.17, 15) is 14.7 Å². The van der Waals surface area contributed by atoms with Gasteiger partial charge in [-0.15, -0.1) is 22.0 Å². The van der Waals surface area contributed by atoms with Gasteiger partial charge < -0.3 is 15.3 Å². The van der Waals surface area contributed by atoms with E-state index in [0.29, 0.717) is 11.4 Å². The summed E-state index contributed by atoms with van der Waals surface area (Å²) in [5, 5.41) is 26.2. The summed E-state index contributed by atoms with van der Waals surface area (Å²) in [4.78, 5) is 26.9. The highest BCUT2D eigenvalue weighted by molar-refractivity contribution is 8.01. The van der Waals surface area contributed by atoms with E-state index in [1.807, 2.05) is 26.0 Å². The van der Waals surface area contributed by atoms with Crippen molar-refractivity contribution in [1.82, 2.24) is 30.8 Å². The molecule has 3 N–H and O–H groups in total. The molecular formula is C17H20N6O3S. The van der Waals surface area contributed by atoms with E-state index in [2.05, 4.69) is 25.9 Å². The second-order valence-electron chi connectivity index (χ2n) is 7.18. The molecule has 1 aromatic heterocycles. The second-order valence-corrected chi connectivity index (χ2v) is 8.95. The fraction of sp³-hybridized carbons (Fsp3) is 0.471. The summed E-state index contributed by atoms with van der Waals surface area (Å²) in [6.07, 6.45) is 0.121. The van der Waals surface area contributed by atoms with E-state index < -0.39 is 6.04 Å². The number of aromatic amines is 1. The standard InChI is InChI=1S/C17H20N6O3S/c1-17(2)13(14-19-21-22-20-14)23-15(26)12(16(23)27-17)18-11(25)7-9-5-3-4-6-10(9)8-24/h3-6,12-13,16,24H,7-8H2,1-2H3,(H,18,25)(H,19,20,21,22). The molecule has 4 rings (SSSR count). The molecule has 0 aliphatic carbocycles. The Morgan fingerprint density at radius 3 is 2.78 bits per heavy atom. The first-order valence-electron chi connectivity index (χ1n) is 8.62. The number of tetrazole rings is 1. The maximum Gasteiger partial charge on any atom is 0.249 e. The number of thioether (sulfide) groups is 1. The zero-order valence-corrected chi connectivity index (χ0v) is 15.7. The number of benzene rings is 1. The van der Waals surface area contributed by atoms with Crippen molar-refractivity contribution < 1.29 is 14.7 Å². The maximum absolute atomic E-state index is 12.7. The molecule has 0 radical (unpaired) electrons. The van der Waals surface area contributed by atoms with Gasteiger partial charge >= 0.3 is 0 Å². The highest BCUT2D eigenvalue weighted by atomic mass is 32.2. The molecule has 27 heavy (non-hydrogen) atoms. The zero-order valence-electron chi connectivity index (χ0n) is 14.9. The first-order chi connectivity index (χ1) is 12.9. The van der Waals surface area contributed by atoms with Crippen LogP contribution in [0.2, 0.25) is 0 Å². The van der Waals surface area contributed by atoms with Gasteiger partial charge in [0.05, 0.1) is 13.0 Å². The predicted octanol–water partition coefficient (Wildman–Crippen LogP) is 0.154. The van der Waals surface area contributed by atoms with E-state index in [0.717, 1.165) is 5.56 Å². The van der Waals surface area contributed by atoms with Crippen LogP contribution in [0.25, 0.3) is 0 Å². The van der Waals surface area contributed by atoms with Gasteiger partial charge in [0.25, 0.3) is 0 Å². The van der Waals surface area contributed by atoms with Gasteiger partial charge in [-0.2, -0.15) is 5.21 Å². The molecule has 3 atom stereocenters. The Morgan fingerprint density at radius 1 is 1.37 bits per heavy atom. The Kier molecular flexibility index (Phi) is 4.39. The Bertz CT molecular complexity index is 871. The van der Waals surface area contributed by atoms with Crippen LogP contribution >= 0.6 is 11.8 Å². The molecule has 142 valence electrons. The third-order valence-corrected chi connectivity index (χ3v) is 6.58. The molecule has 10 heteroatoms. The largest absolute Gasteiger partial charge is 0.392 e. The molecule has 3 heterocycles. The number of carbonyl (C=O) groups excluding carboxylic acids is 2. The molecule has 0 saturated carbocycles. The quantitative estimate of drug-likeness (QED) is 0.623. The minimum Gasteiger partial charge on any atom is -0.392 e. The molecule has 2 amide bonds. The topological polar surface area (TPSA) is 124 Å². The molecule has 2 aliphatic heterocycles. The summed E-state index contributed by atoms with van der Waals surface area (Å²) in [5.74, 6) is 0.0944. The van der Waals surface area contributed by atoms with Gasteiger partial charge in [0, 0.05) is 4.75 Å². The lowest BCUT2D eigenvalue weighted by molar-refractivity contribution is -0.151. The molecule has 2 saturated heterocycles. The van der Waals surface area contributed by atoms with E-state index in [1.54, 1.807) is 28.8 Å². The number of hydrogen-bond acceptors (Lipinski definition) is 7. The molecule has 1 aromatic carbocycles. The Hall–Kier alpha value is -2.46. The van der Waals surface area contributed by atoms with E-state index in [1.165, 1.54) is 0 Å². The van der Waals surface area contributed by atoms with Crippen LogP contribution in [0.5, 0.6) is 0 Å². The average Bonchev–Trinajstić information content (AvgIpc) is 3.24. The number of β-lactam (4-membered cyclic amide) rings is 1. The molecular weight excluding hydrogens is 368 g/mol. The molecule has 2 aliphatic rings. The van der Waals surface area contributed by atoms with Crippen molar-refractivity contribution in [3.05, 3.63) is 41.2 Å². The van der Waals surface area contributed by atoms with Gasteiger partial charge in [0.1, 0.15) is 17.5 Å². The number of fused-ring (bicyclic) bond motifs is 1. The average molecular weight is 388 g/mol. The summed E-state index contributed by atoms with van der Waals surface area (Å²) in [6.45, 7) is 3.93. The van der Waals surface area contributed by atoms with Crippen molar-refractivity contribution in [3.63, 3.8) is 0 Å². The van der Waals surface area contributed by atoms with Gasteiger partial charge in [-0.05, 0) is 25.0 Å². The SMILES string of the molecule is CC1(C)SC2C(NC(=O)Cc3ccccc3CO)C(=O)N2C1c1nn[nH]n1. The van der Waals surface area contributed by atoms with Gasteiger partial charge in [0.15, 0.2) is 5.82 Å². The summed E-state index contributed by atoms with van der Waals surface area (Å²) in [5.41, 5.74) is 1.47. The molecule has 9 nitrogen and oxygen atoms in total. The van der Waals surface area contributed by atoms with Crippen molar-refractivity contribution in [3.8, 4) is 0 Å². The van der Waals surface area contributed by atoms with E-state index in [-0.39, 0.29) is 41.0 Å². The van der Waals surface area contributed by atoms with Crippen molar-refractivity contribution in [2.24, 2.45) is 0 Å². The van der Waals surface area contributed by atoms with Gasteiger partial charge in [-0.1, -0.05) is 29.5 Å². The van der Waals surface area contributed by atoms with Crippen molar-refractivity contribution in [2.45, 2.75) is 49.1 Å². The fourth-order valence-corrected chi connectivity index (χ4v) is 5.36. The van der Waals surface area contributed by atoms with Gasteiger partial charge in [-0.3, -0.25) is 9.59 Å². The van der Waals surface area contributed by atoms with Crippen molar-refractivity contribution in [1.29, 1.82) is 0 Å². The number of nitrogens with one attached hydrogen (secondary N) is 2. The summed E-state index contributed by atoms with van der Waals surface area (Å²) < 4.78 is -0.298. The number of rotatable bonds is 5. The van der Waals surface area contributed by atoms with Gasteiger partial charge in [0.2, 0.25) is 11.8 Å². The number of aliphatic hydroxyl groups excluding tert-OH is 1. The first-order valence-corrected chi connectivity index (χ1v) is 9.50. The molecule has 2 fully saturated rings. The van der Waals surface area contributed by atoms with Gasteiger partial charge in [-0.25, -0.2) is 0 Å². The highest BCUT2D eigenvalue weighted by Gasteiger charge is 2.63. The number of nitrogens with zero attached hydrogens (tertiary/aromatic N) is 4. The first kappa shape index (κ1) is 17.9. The summed E-state index contributed by atoms with van der Waals surface area (Å²) in [6, 6.07) is 6.36. The van der Waals surface area contributed by atoms with E-state index in [4.69, 9.17) is 0 Å². The number of hydrogen-bond donors (Lipinski definition) is 3. The highest BCUT2D eigenvalue weighted by Crippen LogP contribution is 2.56. The van der Waals surface area contributed by atoms with Crippen LogP contribution < -0.4 is 5.32 Å². The van der Waals surface area contributed by atoms with Crippen LogP contribution in [0.4, 0.5) is 0 Å². The van der Waals surface area contributed by atoms with Crippen LogP contribution in [0.3, 0.4) is 0 Å². The maximum atomic E-state index is 12.7.